The number of amides is 4. The van der Waals surface area contributed by atoms with Crippen molar-refractivity contribution in [3.63, 3.8) is 0 Å². The Kier molecular flexibility index (Phi) is 45.1. The molecule has 0 radical (unpaired) electrons. The van der Waals surface area contributed by atoms with E-state index in [-0.39, 0.29) is 93.8 Å². The van der Waals surface area contributed by atoms with Gasteiger partial charge in [0.15, 0.2) is 0 Å². The molecule has 4 heterocycles. The first-order chi connectivity index (χ1) is 40.8. The number of β-amino-alcohol motifs (C(OH)–C–C–N with tert-alkyl or cyclic N) is 1. The summed E-state index contributed by atoms with van der Waals surface area (Å²) in [5.41, 5.74) is -2.16. The number of carbonyl (C=O) groups excluding carboxylic acids is 5. The van der Waals surface area contributed by atoms with Gasteiger partial charge in [-0.15, -0.1) is 17.2 Å². The van der Waals surface area contributed by atoms with Gasteiger partial charge >= 0.3 is 75.8 Å². The van der Waals surface area contributed by atoms with E-state index in [1.165, 1.54) is 10.5 Å². The molecule has 3 unspecified atom stereocenters. The first kappa shape index (κ1) is 92.7. The van der Waals surface area contributed by atoms with E-state index >= 15 is 0 Å². The van der Waals surface area contributed by atoms with Crippen LogP contribution in [0.1, 0.15) is 163 Å². The van der Waals surface area contributed by atoms with E-state index in [0.29, 0.717) is 83.8 Å². The molecule has 2 aromatic rings. The third-order valence-corrected chi connectivity index (χ3v) is 14.0. The second-order valence-electron chi connectivity index (χ2n) is 27.3. The van der Waals surface area contributed by atoms with Crippen LogP contribution in [0, 0.1) is 0 Å². The second kappa shape index (κ2) is 44.3. The van der Waals surface area contributed by atoms with Gasteiger partial charge in [-0.1, -0.05) is 75.4 Å². The number of hydrogen-bond acceptors (Lipinski definition) is 16. The van der Waals surface area contributed by atoms with Crippen LogP contribution < -0.4 is 56.5 Å². The zero-order valence-electron chi connectivity index (χ0n) is 57.7. The van der Waals surface area contributed by atoms with Gasteiger partial charge in [0, 0.05) is 113 Å². The number of hydrogen-bond donors (Lipinski definition) is 3. The molecule has 91 heavy (non-hydrogen) atoms. The number of halogens is 3. The van der Waals surface area contributed by atoms with Crippen LogP contribution >= 0.6 is 33.0 Å². The molecular formula is C64H106Cl3KN4O16S3. The normalized spacial score (nSPS) is 17.3. The maximum absolute atomic E-state index is 12.4. The first-order valence-corrected chi connectivity index (χ1v) is 35.8. The summed E-state index contributed by atoms with van der Waals surface area (Å²) in [6, 6.07) is 18.5. The maximum Gasteiger partial charge on any atom is 1.00 e. The fourth-order valence-corrected chi connectivity index (χ4v) is 9.23. The van der Waals surface area contributed by atoms with Crippen molar-refractivity contribution >= 4 is 93.9 Å². The second-order valence-corrected chi connectivity index (χ2v) is 32.9. The average molecular weight is 1430 g/mol. The van der Waals surface area contributed by atoms with E-state index in [1.54, 1.807) is 74.6 Å². The van der Waals surface area contributed by atoms with Crippen molar-refractivity contribution in [1.29, 1.82) is 0 Å². The number of piperidine rings is 3. The van der Waals surface area contributed by atoms with Crippen molar-refractivity contribution in [3.8, 4) is 0 Å². The summed E-state index contributed by atoms with van der Waals surface area (Å²) in [6.45, 7) is 39.9. The Morgan fingerprint density at radius 3 is 1.23 bits per heavy atom. The molecule has 0 saturated carbocycles. The van der Waals surface area contributed by atoms with Crippen LogP contribution in [-0.4, -0.2) is 193 Å². The van der Waals surface area contributed by atoms with Crippen molar-refractivity contribution in [1.82, 2.24) is 19.6 Å². The molecule has 3 atom stereocenters. The summed E-state index contributed by atoms with van der Waals surface area (Å²) in [5.74, 6) is 0.978. The largest absolute Gasteiger partial charge is 1.00 e. The predicted molar refractivity (Wildman–Crippen MR) is 361 cm³/mol. The standard InChI is InChI=1S/C17H25NO4S.C11H18ClNO2.C11H19NO3.C10H17NO3.C7H8OS.C4H10O.C4H9O.Cl2OS.K/c1-16(2,3)22-15(19)18-11-9-17(20,10-12-18)13-23(21)14-7-5-4-6-8-14;1-11(2,3)15-10(14)13-6-4-9(8-12)5-7-13;1-8-5-6-12(7-9(8)13)10(14)15-11(2,3)4;1-10(2,3)14-9(13)11-6-4-8(12)5-7-11;1-9(8)7-5-3-2-4-6-7;2*1-4(2,3)5;1-4(2)3;/h4-8,20H,9-13H2,1-3H3;4H,5-8H2,1-3H3;9,13H,1,5-7H2,2-4H3;4-7H2,1-3H3;2-6H,1H3;5H,1-3H3;1-3H3;;/q;;;;;;-1;;+1. The number of ether oxygens (including phenoxy) is 4. The van der Waals surface area contributed by atoms with Gasteiger partial charge in [0.25, 0.3) is 0 Å². The van der Waals surface area contributed by atoms with Gasteiger partial charge in [-0.3, -0.25) is 13.2 Å². The summed E-state index contributed by atoms with van der Waals surface area (Å²) in [4.78, 5) is 65.8. The van der Waals surface area contributed by atoms with E-state index in [4.69, 9.17) is 39.9 Å². The Balaban J connectivity index is -0.00000103. The minimum atomic E-state index is -1.67. The van der Waals surface area contributed by atoms with Gasteiger partial charge in [-0.05, 0) is 159 Å². The molecule has 4 amide bonds. The molecule has 0 aliphatic carbocycles. The van der Waals surface area contributed by atoms with Crippen LogP contribution in [0.3, 0.4) is 0 Å². The van der Waals surface area contributed by atoms with Gasteiger partial charge in [-0.2, -0.15) is 0 Å². The van der Waals surface area contributed by atoms with Gasteiger partial charge < -0.3 is 59.0 Å². The predicted octanol–water partition coefficient (Wildman–Crippen LogP) is 8.87. The fourth-order valence-electron chi connectivity index (χ4n) is 7.04. The maximum atomic E-state index is 12.4. The third kappa shape index (κ3) is 53.3. The number of nitrogens with zero attached hydrogens (tertiary/aromatic N) is 4. The van der Waals surface area contributed by atoms with Crippen LogP contribution in [-0.2, 0) is 54.6 Å². The zero-order valence-corrected chi connectivity index (χ0v) is 65.6. The molecule has 2 aromatic carbocycles. The number of rotatable bonds is 5. The van der Waals surface area contributed by atoms with Crippen molar-refractivity contribution in [2.75, 3.05) is 70.2 Å². The van der Waals surface area contributed by atoms with Crippen molar-refractivity contribution in [2.24, 2.45) is 0 Å². The topological polar surface area (TPSA) is 270 Å². The minimum absolute atomic E-state index is 0. The number of likely N-dealkylation sites (tertiary alicyclic amines) is 3. The molecular weight excluding hydrogens is 1320 g/mol. The third-order valence-electron chi connectivity index (χ3n) is 11.1. The average Bonchev–Trinajstić information content (AvgIpc) is 2.11. The van der Waals surface area contributed by atoms with Crippen molar-refractivity contribution in [2.45, 2.75) is 218 Å². The number of aliphatic hydroxyl groups is 3. The number of Topliss-reactive ketones (excluding diaryl/α,β-unsaturated/α-hetero) is 1. The first-order valence-electron chi connectivity index (χ1n) is 29.6. The monoisotopic (exact) mass is 1430 g/mol. The number of carbonyl (C=O) groups is 5. The quantitative estimate of drug-likeness (QED) is 0.0829. The van der Waals surface area contributed by atoms with Gasteiger partial charge in [0.2, 0.25) is 9.23 Å². The summed E-state index contributed by atoms with van der Waals surface area (Å²) in [7, 11) is 5.29. The zero-order chi connectivity index (χ0) is 70.2. The Hall–Kier alpha value is -2.53. The summed E-state index contributed by atoms with van der Waals surface area (Å²) in [6.07, 6.45) is 4.99. The Morgan fingerprint density at radius 1 is 0.604 bits per heavy atom. The molecule has 0 aromatic heterocycles. The molecule has 0 bridgehead atoms. The van der Waals surface area contributed by atoms with Crippen molar-refractivity contribution < 1.29 is 127 Å². The summed E-state index contributed by atoms with van der Waals surface area (Å²) in [5, 5.41) is 38.8. The molecule has 20 nitrogen and oxygen atoms in total. The van der Waals surface area contributed by atoms with E-state index in [0.717, 1.165) is 21.8 Å². The van der Waals surface area contributed by atoms with E-state index in [2.05, 4.69) is 27.9 Å². The molecule has 3 N–H and O–H groups in total. The van der Waals surface area contributed by atoms with Crippen LogP contribution in [0.2, 0.25) is 0 Å². The number of alkyl halides is 1. The molecule has 0 spiro atoms. The van der Waals surface area contributed by atoms with Gasteiger partial charge in [-0.25, -0.2) is 23.4 Å². The summed E-state index contributed by atoms with van der Waals surface area (Å²) < 4.78 is 53.2. The van der Waals surface area contributed by atoms with Crippen LogP contribution in [0.25, 0.3) is 0 Å². The Morgan fingerprint density at radius 2 is 0.923 bits per heavy atom. The molecule has 27 heteroatoms. The molecule has 4 aliphatic rings. The fraction of sp³-hybridized carbons (Fsp3) is 0.672. The van der Waals surface area contributed by atoms with Gasteiger partial charge in [0.05, 0.1) is 40.4 Å². The van der Waals surface area contributed by atoms with Crippen LogP contribution in [0.15, 0.2) is 94.3 Å². The molecule has 3 saturated heterocycles. The SMILES string of the molecule is C=C1CCN(C(=O)OC(C)(C)C)CC1O.CC(C)(C)O.CC(C)(C)OC(=O)N1CC=C(CCl)CC1.CC(C)(C)OC(=O)N1CCC(=O)CC1.CC(C)(C)OC(=O)N1CCC(O)(CS(=O)c2ccccc2)CC1.CC(C)(C)[O-].CS(=O)c1ccccc1.O=S(Cl)Cl.[K+]. The summed E-state index contributed by atoms with van der Waals surface area (Å²) >= 11 is 5.71. The molecule has 3 fully saturated rings. The smallest absolute Gasteiger partial charge is 0.850 e. The number of aliphatic hydroxyl groups excluding tert-OH is 1. The van der Waals surface area contributed by atoms with Crippen LogP contribution in [0.5, 0.6) is 0 Å². The van der Waals surface area contributed by atoms with Gasteiger partial charge in [0.1, 0.15) is 28.2 Å². The minimum Gasteiger partial charge on any atom is -0.850 e. The van der Waals surface area contributed by atoms with E-state index in [9.17, 15) is 47.7 Å². The van der Waals surface area contributed by atoms with Crippen molar-refractivity contribution in [3.05, 3.63) is 84.5 Å². The Bertz CT molecular complexity index is 2560. The molecule has 518 valence electrons. The molecule has 6 rings (SSSR count). The van der Waals surface area contributed by atoms with E-state index in [1.807, 2.05) is 138 Å². The molecule has 4 aliphatic heterocycles. The number of ketones is 1. The Labute approximate surface area is 608 Å². The van der Waals surface area contributed by atoms with Crippen LogP contribution in [0.4, 0.5) is 19.2 Å². The van der Waals surface area contributed by atoms with E-state index < -0.39 is 76.1 Å². The number of benzene rings is 2.